The van der Waals surface area contributed by atoms with Gasteiger partial charge in [0.1, 0.15) is 23.0 Å². The molecule has 5 aliphatic heterocycles. The monoisotopic (exact) mass is 1470 g/mol. The lowest BCUT2D eigenvalue weighted by Gasteiger charge is -2.35. The van der Waals surface area contributed by atoms with Crippen LogP contribution in [0.2, 0.25) is 5.02 Å². The zero-order chi connectivity index (χ0) is 63.9. The van der Waals surface area contributed by atoms with Crippen LogP contribution >= 0.6 is 142 Å². The number of thiophene rings is 2. The van der Waals surface area contributed by atoms with Crippen LogP contribution in [0, 0.1) is 0 Å². The van der Waals surface area contributed by atoms with E-state index >= 15 is 0 Å². The summed E-state index contributed by atoms with van der Waals surface area (Å²) in [6.45, 7) is 34.4. The smallest absolute Gasteiger partial charge is 0.455 e. The second kappa shape index (κ2) is 27.6. The maximum atomic E-state index is 6.66. The highest BCUT2D eigenvalue weighted by molar-refractivity contribution is 8.98. The molecule has 0 N–H and O–H groups in total. The molecular weight excluding hydrogens is 1380 g/mol. The molecule has 5 aliphatic rings. The van der Waals surface area contributed by atoms with Gasteiger partial charge in [-0.25, -0.2) is 0 Å². The molecule has 0 radical (unpaired) electrons. The van der Waals surface area contributed by atoms with Crippen LogP contribution in [0.4, 0.5) is 0 Å². The van der Waals surface area contributed by atoms with Gasteiger partial charge in [-0.3, -0.25) is 0 Å². The zero-order valence-corrected chi connectivity index (χ0v) is 68.7. The van der Waals surface area contributed by atoms with Gasteiger partial charge in [0.25, 0.3) is 0 Å². The molecule has 10 unspecified atom stereocenters. The number of rotatable bonds is 5. The van der Waals surface area contributed by atoms with E-state index in [2.05, 4.69) is 224 Å². The molecule has 0 spiro atoms. The summed E-state index contributed by atoms with van der Waals surface area (Å²) in [7, 11) is 22.2. The fourth-order valence-electron chi connectivity index (χ4n) is 10.7. The van der Waals surface area contributed by atoms with Crippen LogP contribution in [0.25, 0.3) is 40.3 Å². The minimum absolute atomic E-state index is 0.113. The Morgan fingerprint density at radius 2 is 0.770 bits per heavy atom. The SMILES string of the molecule is CC1(C)OB(B2OC(C)(C)C(C)(C)O2)OC1(C)C.CC1(C)c2ccc(B3OC(C)(C)C(C)(C)O3)cc2Oc2c1ccc1c2sc2ccccc21.CC1(C)c2ccc(Cl)cc2Oc2c1ccc1c2sc2ccccc21.PP(P)P(P)P.PPP(P)P(P)P. The first kappa shape index (κ1) is 72.5. The predicted molar refractivity (Wildman–Crippen MR) is 423 cm³/mol. The summed E-state index contributed by atoms with van der Waals surface area (Å²) in [6, 6.07) is 38.4. The Hall–Kier alpha value is 1.19. The van der Waals surface area contributed by atoms with Gasteiger partial charge in [0.2, 0.25) is 0 Å². The number of ether oxygens (including phenoxy) is 2. The van der Waals surface area contributed by atoms with Crippen molar-refractivity contribution in [3.63, 3.8) is 0 Å². The van der Waals surface area contributed by atoms with Gasteiger partial charge in [-0.1, -0.05) is 126 Å². The molecule has 2 aromatic heterocycles. The van der Waals surface area contributed by atoms with Gasteiger partial charge in [0.15, 0.2) is 0 Å². The largest absolute Gasteiger partial charge is 0.494 e. The van der Waals surface area contributed by atoms with Crippen molar-refractivity contribution in [2.75, 3.05) is 0 Å². The Bertz CT molecular complexity index is 3760. The lowest BCUT2D eigenvalue weighted by molar-refractivity contribution is 0.00578. The van der Waals surface area contributed by atoms with Crippen molar-refractivity contribution in [3.8, 4) is 23.0 Å². The van der Waals surface area contributed by atoms with E-state index in [-0.39, 0.29) is 72.4 Å². The molecule has 3 saturated heterocycles. The standard InChI is InChI=1S/C27H27BO3S.C21H15ClOS.C12H24B2O4.H9P7.H8P6/c1-25(2)19-13-11-16(28-30-26(3,4)27(5,6)31-28)15-21(19)29-23-20(25)14-12-18-17-9-7-8-10-22(17)32-24(18)23;1-21(2)15-9-7-12(22)11-17(15)23-19-16(21)10-8-14-13-5-3-4-6-18(13)24-20(14)19;1-9(2)10(3,4)16-13(15-9)14-17-11(5,6)12(7,8)18-14;1-5-7(4)6(2)3;1-5(2)6(3)4/h7-15H,1-6H3;3-11H,1-2H3;1-8H3;5H,1-4H2;1-4H2. The minimum Gasteiger partial charge on any atom is -0.455 e. The first-order chi connectivity index (χ1) is 40.3. The van der Waals surface area contributed by atoms with Crippen LogP contribution in [-0.2, 0) is 38.8 Å². The highest BCUT2D eigenvalue weighted by Gasteiger charge is 2.64. The normalized spacial score (nSPS) is 20.3. The fraction of sp³-hybridized carbons (Fsp3) is 0.400. The average molecular weight is 1470 g/mol. The van der Waals surface area contributed by atoms with Crippen LogP contribution in [0.1, 0.15) is 133 Å². The van der Waals surface area contributed by atoms with E-state index in [1.807, 2.05) is 67.5 Å². The molecule has 87 heavy (non-hydrogen) atoms. The van der Waals surface area contributed by atoms with Crippen LogP contribution in [0.15, 0.2) is 109 Å². The van der Waals surface area contributed by atoms with Crippen molar-refractivity contribution < 1.29 is 37.4 Å². The fourth-order valence-corrected chi connectivity index (χ4v) is 29.3. The third-order valence-corrected chi connectivity index (χ3v) is 72.4. The van der Waals surface area contributed by atoms with Crippen molar-refractivity contribution in [1.82, 2.24) is 0 Å². The molecule has 7 heterocycles. The number of fused-ring (bicyclic) bond motifs is 12. The van der Waals surface area contributed by atoms with Crippen molar-refractivity contribution >= 4 is 209 Å². The van der Waals surface area contributed by atoms with Gasteiger partial charge in [-0.15, -0.1) is 94.1 Å². The Labute approximate surface area is 556 Å². The van der Waals surface area contributed by atoms with E-state index < -0.39 is 21.1 Å². The molecule has 0 bridgehead atoms. The van der Waals surface area contributed by atoms with Crippen molar-refractivity contribution in [3.05, 3.63) is 136 Å². The summed E-state index contributed by atoms with van der Waals surface area (Å²) in [5.74, 6) is 3.71. The molecule has 3 fully saturated rings. The average Bonchev–Trinajstić information content (AvgIpc) is 2.69. The van der Waals surface area contributed by atoms with Gasteiger partial charge in [-0.05, 0) is 147 Å². The van der Waals surface area contributed by atoms with Crippen LogP contribution in [0.5, 0.6) is 23.0 Å². The lowest BCUT2D eigenvalue weighted by Crippen LogP contribution is -2.41. The molecule has 13 rings (SSSR count). The molecule has 8 aromatic rings. The Morgan fingerprint density at radius 3 is 1.14 bits per heavy atom. The molecular formula is C60H83B3ClO8P13S2. The first-order valence-electron chi connectivity index (χ1n) is 28.5. The van der Waals surface area contributed by atoms with Crippen LogP contribution in [-0.4, -0.2) is 54.7 Å². The van der Waals surface area contributed by atoms with Gasteiger partial charge in [0, 0.05) is 69.1 Å². The van der Waals surface area contributed by atoms with Crippen molar-refractivity contribution in [2.45, 2.75) is 155 Å². The molecule has 8 nitrogen and oxygen atoms in total. The van der Waals surface area contributed by atoms with E-state index in [9.17, 15) is 0 Å². The zero-order valence-electron chi connectivity index (χ0n) is 52.5. The van der Waals surface area contributed by atoms with E-state index in [1.165, 1.54) is 62.6 Å². The van der Waals surface area contributed by atoms with Crippen LogP contribution in [0.3, 0.4) is 0 Å². The van der Waals surface area contributed by atoms with Crippen molar-refractivity contribution in [2.24, 2.45) is 0 Å². The van der Waals surface area contributed by atoms with E-state index in [4.69, 9.17) is 49.0 Å². The third-order valence-electron chi connectivity index (χ3n) is 18.0. The first-order valence-corrected chi connectivity index (χ1v) is 52.3. The van der Waals surface area contributed by atoms with E-state index in [0.29, 0.717) is 5.02 Å². The summed E-state index contributed by atoms with van der Waals surface area (Å²) >= 11 is 9.81. The Morgan fingerprint density at radius 1 is 0.414 bits per heavy atom. The van der Waals surface area contributed by atoms with Gasteiger partial charge >= 0.3 is 21.1 Å². The molecule has 0 aliphatic carbocycles. The molecule has 0 saturated carbocycles. The molecule has 6 aromatic carbocycles. The van der Waals surface area contributed by atoms with Crippen molar-refractivity contribution in [1.29, 1.82) is 0 Å². The molecule has 464 valence electrons. The Kier molecular flexibility index (Phi) is 23.0. The van der Waals surface area contributed by atoms with Gasteiger partial charge in [-0.2, -0.15) is 0 Å². The Balaban J connectivity index is 0.000000145. The molecule has 0 amide bonds. The van der Waals surface area contributed by atoms with Gasteiger partial charge < -0.3 is 37.4 Å². The second-order valence-electron chi connectivity index (χ2n) is 26.1. The van der Waals surface area contributed by atoms with Gasteiger partial charge in [0.05, 0.1) is 43.0 Å². The highest BCUT2D eigenvalue weighted by atomic mass is 35.5. The second-order valence-corrected chi connectivity index (χ2v) is 70.6. The summed E-state index contributed by atoms with van der Waals surface area (Å²) in [4.78, 5) is 0. The minimum atomic E-state index is -0.476. The van der Waals surface area contributed by atoms with Crippen LogP contribution < -0.4 is 14.9 Å². The lowest BCUT2D eigenvalue weighted by atomic mass is 9.49. The maximum Gasteiger partial charge on any atom is 0.494 e. The third kappa shape index (κ3) is 14.9. The number of hydrogen-bond acceptors (Lipinski definition) is 10. The summed E-state index contributed by atoms with van der Waals surface area (Å²) in [6.07, 6.45) is 0. The summed E-state index contributed by atoms with van der Waals surface area (Å²) < 4.78 is 54.5. The molecule has 10 atom stereocenters. The van der Waals surface area contributed by atoms with E-state index in [1.54, 1.807) is 22.7 Å². The number of hydrogen-bond donors (Lipinski definition) is 0. The predicted octanol–water partition coefficient (Wildman–Crippen LogP) is 22.8. The maximum absolute atomic E-state index is 6.66. The molecule has 27 heteroatoms. The summed E-state index contributed by atoms with van der Waals surface area (Å²) in [5, 5.41) is 5.80. The topological polar surface area (TPSA) is 73.8 Å². The highest BCUT2D eigenvalue weighted by Crippen LogP contribution is 2.92. The quantitative estimate of drug-likeness (QED) is 0.125. The van der Waals surface area contributed by atoms with E-state index in [0.717, 1.165) is 36.4 Å². The summed E-state index contributed by atoms with van der Waals surface area (Å²) in [5.41, 5.74) is 3.36. The number of halogens is 1. The number of benzene rings is 6.